The zero-order valence-electron chi connectivity index (χ0n) is 12.4. The van der Waals surface area contributed by atoms with Crippen LogP contribution >= 0.6 is 0 Å². The maximum Gasteiger partial charge on any atom is 0.243 e. The molecule has 1 amide bonds. The Hall–Kier alpha value is -1.36. The fourth-order valence-corrected chi connectivity index (χ4v) is 3.01. The van der Waals surface area contributed by atoms with Crippen LogP contribution in [0, 0.1) is 0 Å². The lowest BCUT2D eigenvalue weighted by Gasteiger charge is -2.38. The Kier molecular flexibility index (Phi) is 3.54. The van der Waals surface area contributed by atoms with Gasteiger partial charge in [0.05, 0.1) is 12.1 Å². The second kappa shape index (κ2) is 5.20. The van der Waals surface area contributed by atoms with Gasteiger partial charge in [-0.1, -0.05) is 0 Å². The molecule has 20 heavy (non-hydrogen) atoms. The quantitative estimate of drug-likeness (QED) is 0.905. The third kappa shape index (κ3) is 2.59. The van der Waals surface area contributed by atoms with Crippen molar-refractivity contribution in [3.63, 3.8) is 0 Å². The molecule has 2 heterocycles. The Morgan fingerprint density at radius 1 is 1.55 bits per heavy atom. The standard InChI is InChI=1S/C15H24N4O/c1-15(7-3-4-8-17-15)14(20)19(12-5-6-12)11-13-16-9-10-18(13)2/h9-10,12,17H,3-8,11H2,1-2H3. The van der Waals surface area contributed by atoms with E-state index in [0.717, 1.165) is 38.1 Å². The Morgan fingerprint density at radius 2 is 2.35 bits per heavy atom. The molecule has 1 unspecified atom stereocenters. The number of hydrogen-bond acceptors (Lipinski definition) is 3. The van der Waals surface area contributed by atoms with E-state index >= 15 is 0 Å². The lowest BCUT2D eigenvalue weighted by molar-refractivity contribution is -0.140. The summed E-state index contributed by atoms with van der Waals surface area (Å²) >= 11 is 0. The molecule has 0 aromatic carbocycles. The smallest absolute Gasteiger partial charge is 0.243 e. The van der Waals surface area contributed by atoms with E-state index in [0.29, 0.717) is 12.6 Å². The molecule has 5 nitrogen and oxygen atoms in total. The summed E-state index contributed by atoms with van der Waals surface area (Å²) in [6.07, 6.45) is 9.24. The van der Waals surface area contributed by atoms with E-state index in [1.165, 1.54) is 6.42 Å². The minimum Gasteiger partial charge on any atom is -0.337 e. The van der Waals surface area contributed by atoms with Crippen LogP contribution < -0.4 is 5.32 Å². The van der Waals surface area contributed by atoms with Crippen molar-refractivity contribution in [2.45, 2.75) is 57.2 Å². The van der Waals surface area contributed by atoms with Crippen LogP contribution in [-0.4, -0.2) is 38.5 Å². The molecule has 0 spiro atoms. The fourth-order valence-electron chi connectivity index (χ4n) is 3.01. The molecule has 0 bridgehead atoms. The molecule has 1 saturated carbocycles. The van der Waals surface area contributed by atoms with E-state index < -0.39 is 0 Å². The third-order valence-electron chi connectivity index (χ3n) is 4.57. The zero-order valence-corrected chi connectivity index (χ0v) is 12.4. The van der Waals surface area contributed by atoms with Gasteiger partial charge in [0.25, 0.3) is 0 Å². The molecule has 1 atom stereocenters. The number of aromatic nitrogens is 2. The highest BCUT2D eigenvalue weighted by molar-refractivity contribution is 5.86. The molecule has 5 heteroatoms. The molecule has 2 fully saturated rings. The number of rotatable bonds is 4. The summed E-state index contributed by atoms with van der Waals surface area (Å²) in [5.74, 6) is 1.22. The van der Waals surface area contributed by atoms with Crippen LogP contribution in [0.4, 0.5) is 0 Å². The van der Waals surface area contributed by atoms with Crippen LogP contribution in [0.2, 0.25) is 0 Å². The first kappa shape index (κ1) is 13.6. The molecule has 2 aliphatic rings. The van der Waals surface area contributed by atoms with Gasteiger partial charge in [0.15, 0.2) is 0 Å². The van der Waals surface area contributed by atoms with Crippen molar-refractivity contribution >= 4 is 5.91 Å². The van der Waals surface area contributed by atoms with Crippen molar-refractivity contribution < 1.29 is 4.79 Å². The van der Waals surface area contributed by atoms with E-state index in [1.54, 1.807) is 6.20 Å². The predicted octanol–water partition coefficient (Wildman–Crippen LogP) is 1.44. The van der Waals surface area contributed by atoms with Crippen LogP contribution in [0.25, 0.3) is 0 Å². The molecule has 110 valence electrons. The lowest BCUT2D eigenvalue weighted by atomic mass is 9.89. The van der Waals surface area contributed by atoms with Crippen molar-refractivity contribution in [2.24, 2.45) is 7.05 Å². The molecule has 1 aliphatic heterocycles. The summed E-state index contributed by atoms with van der Waals surface area (Å²) in [4.78, 5) is 19.4. The molecule has 1 saturated heterocycles. The van der Waals surface area contributed by atoms with Crippen molar-refractivity contribution in [1.82, 2.24) is 19.8 Å². The summed E-state index contributed by atoms with van der Waals surface area (Å²) in [5.41, 5.74) is -0.383. The first-order valence-corrected chi connectivity index (χ1v) is 7.62. The fraction of sp³-hybridized carbons (Fsp3) is 0.733. The molecule has 1 N–H and O–H groups in total. The average molecular weight is 276 g/mol. The number of amides is 1. The Morgan fingerprint density at radius 3 is 2.90 bits per heavy atom. The van der Waals surface area contributed by atoms with Gasteiger partial charge in [-0.15, -0.1) is 0 Å². The van der Waals surface area contributed by atoms with E-state index in [-0.39, 0.29) is 11.4 Å². The third-order valence-corrected chi connectivity index (χ3v) is 4.57. The molecule has 3 rings (SSSR count). The number of carbonyl (C=O) groups excluding carboxylic acids is 1. The Balaban J connectivity index is 1.76. The number of carbonyl (C=O) groups is 1. The van der Waals surface area contributed by atoms with Gasteiger partial charge in [0, 0.05) is 25.5 Å². The van der Waals surface area contributed by atoms with Crippen LogP contribution in [0.1, 0.15) is 44.9 Å². The van der Waals surface area contributed by atoms with Gasteiger partial charge >= 0.3 is 0 Å². The Labute approximate surface area is 120 Å². The second-order valence-corrected chi connectivity index (χ2v) is 6.33. The van der Waals surface area contributed by atoms with Gasteiger partial charge in [-0.05, 0) is 45.6 Å². The lowest BCUT2D eigenvalue weighted by Crippen LogP contribution is -2.58. The van der Waals surface area contributed by atoms with Gasteiger partial charge in [-0.3, -0.25) is 4.79 Å². The largest absolute Gasteiger partial charge is 0.337 e. The van der Waals surface area contributed by atoms with Crippen molar-refractivity contribution in [2.75, 3.05) is 6.54 Å². The summed E-state index contributed by atoms with van der Waals surface area (Å²) in [5, 5.41) is 3.43. The van der Waals surface area contributed by atoms with Crippen LogP contribution in [0.5, 0.6) is 0 Å². The SMILES string of the molecule is Cn1ccnc1CN(C(=O)C1(C)CCCCN1)C1CC1. The van der Waals surface area contributed by atoms with Gasteiger partial charge in [0.2, 0.25) is 5.91 Å². The van der Waals surface area contributed by atoms with Gasteiger partial charge in [-0.2, -0.15) is 0 Å². The molecular weight excluding hydrogens is 252 g/mol. The molecule has 1 aromatic heterocycles. The second-order valence-electron chi connectivity index (χ2n) is 6.33. The maximum absolute atomic E-state index is 13.0. The highest BCUT2D eigenvalue weighted by Gasteiger charge is 2.42. The van der Waals surface area contributed by atoms with Gasteiger partial charge in [-0.25, -0.2) is 4.98 Å². The first-order chi connectivity index (χ1) is 9.60. The van der Waals surface area contributed by atoms with E-state index in [4.69, 9.17) is 0 Å². The Bertz CT molecular complexity index is 486. The predicted molar refractivity (Wildman–Crippen MR) is 77.0 cm³/mol. The van der Waals surface area contributed by atoms with E-state index in [1.807, 2.05) is 22.7 Å². The topological polar surface area (TPSA) is 50.2 Å². The normalized spacial score (nSPS) is 26.5. The molecular formula is C15H24N4O. The summed E-state index contributed by atoms with van der Waals surface area (Å²) < 4.78 is 2.00. The maximum atomic E-state index is 13.0. The average Bonchev–Trinajstić information content (AvgIpc) is 3.20. The summed E-state index contributed by atoms with van der Waals surface area (Å²) in [7, 11) is 1.98. The molecule has 1 aromatic rings. The minimum atomic E-state index is -0.383. The monoisotopic (exact) mass is 276 g/mol. The number of nitrogens with one attached hydrogen (secondary N) is 1. The van der Waals surface area contributed by atoms with Crippen molar-refractivity contribution in [3.05, 3.63) is 18.2 Å². The number of nitrogens with zero attached hydrogens (tertiary/aromatic N) is 3. The van der Waals surface area contributed by atoms with Crippen LogP contribution in [0.15, 0.2) is 12.4 Å². The molecule has 0 radical (unpaired) electrons. The van der Waals surface area contributed by atoms with E-state index in [9.17, 15) is 4.79 Å². The minimum absolute atomic E-state index is 0.253. The summed E-state index contributed by atoms with van der Waals surface area (Å²) in [6.45, 7) is 3.63. The van der Waals surface area contributed by atoms with Crippen LogP contribution in [0.3, 0.4) is 0 Å². The first-order valence-electron chi connectivity index (χ1n) is 7.62. The number of imidazole rings is 1. The van der Waals surface area contributed by atoms with E-state index in [2.05, 4.69) is 17.2 Å². The zero-order chi connectivity index (χ0) is 14.2. The number of piperidine rings is 1. The number of hydrogen-bond donors (Lipinski definition) is 1. The highest BCUT2D eigenvalue weighted by atomic mass is 16.2. The van der Waals surface area contributed by atoms with Crippen molar-refractivity contribution in [1.29, 1.82) is 0 Å². The van der Waals surface area contributed by atoms with Gasteiger partial charge < -0.3 is 14.8 Å². The highest BCUT2D eigenvalue weighted by Crippen LogP contribution is 2.32. The van der Waals surface area contributed by atoms with Gasteiger partial charge in [0.1, 0.15) is 5.82 Å². The van der Waals surface area contributed by atoms with Crippen LogP contribution in [-0.2, 0) is 18.4 Å². The molecule has 1 aliphatic carbocycles. The summed E-state index contributed by atoms with van der Waals surface area (Å²) in [6, 6.07) is 0.416. The number of aryl methyl sites for hydroxylation is 1. The van der Waals surface area contributed by atoms with Crippen molar-refractivity contribution in [3.8, 4) is 0 Å².